The minimum Gasteiger partial charge on any atom is -0.383 e. The number of hydrogen-bond acceptors (Lipinski definition) is 5. The van der Waals surface area contributed by atoms with Gasteiger partial charge in [0.25, 0.3) is 0 Å². The molecule has 5 nitrogen and oxygen atoms in total. The van der Waals surface area contributed by atoms with E-state index < -0.39 is 0 Å². The number of methoxy groups -OCH3 is 1. The number of hydrogen-bond donors (Lipinski definition) is 1. The van der Waals surface area contributed by atoms with E-state index in [0.29, 0.717) is 24.6 Å². The van der Waals surface area contributed by atoms with Crippen molar-refractivity contribution in [2.75, 3.05) is 65.3 Å². The summed E-state index contributed by atoms with van der Waals surface area (Å²) in [6, 6.07) is 6.89. The monoisotopic (exact) mass is 355 g/mol. The summed E-state index contributed by atoms with van der Waals surface area (Å²) < 4.78 is 18.5. The Morgan fingerprint density at radius 1 is 1.25 bits per heavy atom. The smallest absolute Gasteiger partial charge is 0.234 e. The van der Waals surface area contributed by atoms with Crippen molar-refractivity contribution in [2.24, 2.45) is 0 Å². The number of nitrogens with one attached hydrogen (secondary N) is 1. The second-order valence-electron chi connectivity index (χ2n) is 5.74. The molecule has 1 fully saturated rings. The molecule has 0 bridgehead atoms. The minimum absolute atomic E-state index is 0.0515. The highest BCUT2D eigenvalue weighted by molar-refractivity contribution is 7.99. The Bertz CT molecular complexity index is 510. The van der Waals surface area contributed by atoms with Crippen LogP contribution in [0.2, 0.25) is 0 Å². The van der Waals surface area contributed by atoms with Gasteiger partial charge in [0.1, 0.15) is 5.82 Å². The summed E-state index contributed by atoms with van der Waals surface area (Å²) in [4.78, 5) is 17.0. The summed E-state index contributed by atoms with van der Waals surface area (Å²) >= 11 is 1.56. The Morgan fingerprint density at radius 3 is 2.67 bits per heavy atom. The maximum Gasteiger partial charge on any atom is 0.234 e. The SMILES string of the molecule is COCCNC(=O)CN1CCN(CCSc2ccccc2F)CC1. The molecular formula is C17H26FN3O2S. The van der Waals surface area contributed by atoms with Crippen LogP contribution in [0, 0.1) is 5.82 Å². The van der Waals surface area contributed by atoms with E-state index in [4.69, 9.17) is 4.74 Å². The molecule has 1 saturated heterocycles. The number of thioether (sulfide) groups is 1. The fourth-order valence-corrected chi connectivity index (χ4v) is 3.52. The van der Waals surface area contributed by atoms with Gasteiger partial charge in [0.05, 0.1) is 13.2 Å². The van der Waals surface area contributed by atoms with Gasteiger partial charge in [0.2, 0.25) is 5.91 Å². The molecule has 0 unspecified atom stereocenters. The number of nitrogens with zero attached hydrogens (tertiary/aromatic N) is 2. The molecule has 0 saturated carbocycles. The van der Waals surface area contributed by atoms with Crippen LogP contribution in [0.25, 0.3) is 0 Å². The van der Waals surface area contributed by atoms with E-state index in [0.717, 1.165) is 38.5 Å². The predicted octanol–water partition coefficient (Wildman–Crippen LogP) is 1.30. The number of carbonyl (C=O) groups excluding carboxylic acids is 1. The van der Waals surface area contributed by atoms with Crippen molar-refractivity contribution in [1.29, 1.82) is 0 Å². The molecule has 7 heteroatoms. The predicted molar refractivity (Wildman–Crippen MR) is 94.9 cm³/mol. The van der Waals surface area contributed by atoms with Crippen LogP contribution in [0.1, 0.15) is 0 Å². The van der Waals surface area contributed by atoms with E-state index in [1.54, 1.807) is 24.9 Å². The standard InChI is InChI=1S/C17H26FN3O2S/c1-23-12-6-19-17(22)14-21-9-7-20(8-10-21)11-13-24-16-5-3-2-4-15(16)18/h2-5H,6-14H2,1H3,(H,19,22). The van der Waals surface area contributed by atoms with Crippen LogP contribution >= 0.6 is 11.8 Å². The Kier molecular flexibility index (Phi) is 8.52. The summed E-state index contributed by atoms with van der Waals surface area (Å²) in [5.41, 5.74) is 0. The van der Waals surface area contributed by atoms with Crippen LogP contribution in [-0.2, 0) is 9.53 Å². The van der Waals surface area contributed by atoms with Gasteiger partial charge in [0.15, 0.2) is 0 Å². The van der Waals surface area contributed by atoms with Crippen molar-refractivity contribution in [1.82, 2.24) is 15.1 Å². The first kappa shape index (κ1) is 19.2. The summed E-state index contributed by atoms with van der Waals surface area (Å²) in [6.45, 7) is 6.16. The van der Waals surface area contributed by atoms with Crippen molar-refractivity contribution in [3.8, 4) is 0 Å². The zero-order chi connectivity index (χ0) is 17.2. The highest BCUT2D eigenvalue weighted by Crippen LogP contribution is 2.21. The number of benzene rings is 1. The Balaban J connectivity index is 1.59. The van der Waals surface area contributed by atoms with E-state index in [1.807, 2.05) is 12.1 Å². The lowest BCUT2D eigenvalue weighted by atomic mass is 10.3. The van der Waals surface area contributed by atoms with Gasteiger partial charge in [-0.3, -0.25) is 14.6 Å². The lowest BCUT2D eigenvalue weighted by Crippen LogP contribution is -2.50. The van der Waals surface area contributed by atoms with Crippen LogP contribution in [0.4, 0.5) is 4.39 Å². The molecule has 1 amide bonds. The number of piperazine rings is 1. The van der Waals surface area contributed by atoms with Gasteiger partial charge in [0, 0.05) is 57.0 Å². The van der Waals surface area contributed by atoms with Gasteiger partial charge >= 0.3 is 0 Å². The lowest BCUT2D eigenvalue weighted by Gasteiger charge is -2.34. The van der Waals surface area contributed by atoms with Gasteiger partial charge in [-0.05, 0) is 12.1 Å². The zero-order valence-electron chi connectivity index (χ0n) is 14.2. The van der Waals surface area contributed by atoms with Crippen molar-refractivity contribution >= 4 is 17.7 Å². The van der Waals surface area contributed by atoms with E-state index in [-0.39, 0.29) is 11.7 Å². The second-order valence-corrected chi connectivity index (χ2v) is 6.88. The summed E-state index contributed by atoms with van der Waals surface area (Å²) in [7, 11) is 1.62. The molecule has 1 aromatic carbocycles. The minimum atomic E-state index is -0.146. The normalized spacial score (nSPS) is 16.2. The van der Waals surface area contributed by atoms with Gasteiger partial charge < -0.3 is 10.1 Å². The van der Waals surface area contributed by atoms with E-state index in [2.05, 4.69) is 15.1 Å². The highest BCUT2D eigenvalue weighted by Gasteiger charge is 2.18. The molecule has 1 aromatic rings. The highest BCUT2D eigenvalue weighted by atomic mass is 32.2. The third-order valence-electron chi connectivity index (χ3n) is 3.96. The first-order chi connectivity index (χ1) is 11.7. The van der Waals surface area contributed by atoms with Crippen LogP contribution < -0.4 is 5.32 Å². The first-order valence-electron chi connectivity index (χ1n) is 8.26. The van der Waals surface area contributed by atoms with Gasteiger partial charge in [-0.15, -0.1) is 11.8 Å². The number of halogens is 1. The molecule has 0 aliphatic carbocycles. The van der Waals surface area contributed by atoms with Gasteiger partial charge in [-0.25, -0.2) is 4.39 Å². The molecule has 2 rings (SSSR count). The zero-order valence-corrected chi connectivity index (χ0v) is 15.0. The number of ether oxygens (including phenoxy) is 1. The number of carbonyl (C=O) groups is 1. The van der Waals surface area contributed by atoms with Crippen molar-refractivity contribution in [3.05, 3.63) is 30.1 Å². The molecular weight excluding hydrogens is 329 g/mol. The average molecular weight is 355 g/mol. The summed E-state index contributed by atoms with van der Waals surface area (Å²) in [6.07, 6.45) is 0. The lowest BCUT2D eigenvalue weighted by molar-refractivity contribution is -0.122. The van der Waals surface area contributed by atoms with Crippen molar-refractivity contribution in [3.63, 3.8) is 0 Å². The molecule has 0 atom stereocenters. The Labute approximate surface area is 147 Å². The third kappa shape index (κ3) is 6.76. The molecule has 1 aliphatic heterocycles. The Morgan fingerprint density at radius 2 is 1.96 bits per heavy atom. The van der Waals surface area contributed by atoms with Gasteiger partial charge in [-0.1, -0.05) is 12.1 Å². The number of amides is 1. The fraction of sp³-hybridized carbons (Fsp3) is 0.588. The molecule has 1 heterocycles. The largest absolute Gasteiger partial charge is 0.383 e. The van der Waals surface area contributed by atoms with Crippen molar-refractivity contribution in [2.45, 2.75) is 4.90 Å². The van der Waals surface area contributed by atoms with Crippen LogP contribution in [0.15, 0.2) is 29.2 Å². The van der Waals surface area contributed by atoms with Gasteiger partial charge in [-0.2, -0.15) is 0 Å². The van der Waals surface area contributed by atoms with E-state index in [1.165, 1.54) is 6.07 Å². The van der Waals surface area contributed by atoms with E-state index >= 15 is 0 Å². The van der Waals surface area contributed by atoms with Crippen molar-refractivity contribution < 1.29 is 13.9 Å². The first-order valence-corrected chi connectivity index (χ1v) is 9.25. The number of rotatable bonds is 9. The molecule has 1 aliphatic rings. The maximum absolute atomic E-state index is 13.6. The fourth-order valence-electron chi connectivity index (χ4n) is 2.57. The average Bonchev–Trinajstić information content (AvgIpc) is 2.58. The van der Waals surface area contributed by atoms with Crippen LogP contribution in [-0.4, -0.2) is 81.0 Å². The topological polar surface area (TPSA) is 44.8 Å². The van der Waals surface area contributed by atoms with E-state index in [9.17, 15) is 9.18 Å². The third-order valence-corrected chi connectivity index (χ3v) is 4.99. The summed E-state index contributed by atoms with van der Waals surface area (Å²) in [5.74, 6) is 0.778. The molecule has 134 valence electrons. The second kappa shape index (κ2) is 10.7. The quantitative estimate of drug-likeness (QED) is 0.534. The van der Waals surface area contributed by atoms with Crippen LogP contribution in [0.3, 0.4) is 0 Å². The van der Waals surface area contributed by atoms with Crippen LogP contribution in [0.5, 0.6) is 0 Å². The summed E-state index contributed by atoms with van der Waals surface area (Å²) in [5, 5.41) is 2.84. The molecule has 24 heavy (non-hydrogen) atoms. The molecule has 0 radical (unpaired) electrons. The molecule has 1 N–H and O–H groups in total. The molecule has 0 spiro atoms. The maximum atomic E-state index is 13.6. The Hall–Kier alpha value is -1.15. The molecule has 0 aromatic heterocycles.